The SMILES string of the molecule is c1ccc2c(c1)OCC1CCCNCC21. The van der Waals surface area contributed by atoms with Gasteiger partial charge in [0.05, 0.1) is 6.61 Å². The lowest BCUT2D eigenvalue weighted by molar-refractivity contribution is 0.190. The van der Waals surface area contributed by atoms with E-state index < -0.39 is 0 Å². The molecule has 0 saturated carbocycles. The van der Waals surface area contributed by atoms with Gasteiger partial charge in [0.15, 0.2) is 0 Å². The molecular formula is C13H17NO. The van der Waals surface area contributed by atoms with Crippen LogP contribution < -0.4 is 10.1 Å². The molecule has 1 aromatic rings. The van der Waals surface area contributed by atoms with Crippen LogP contribution in [-0.4, -0.2) is 19.7 Å². The Morgan fingerprint density at radius 1 is 1.27 bits per heavy atom. The topological polar surface area (TPSA) is 21.3 Å². The van der Waals surface area contributed by atoms with Crippen LogP contribution in [0.4, 0.5) is 0 Å². The molecule has 1 N–H and O–H groups in total. The molecule has 1 saturated heterocycles. The van der Waals surface area contributed by atoms with Crippen molar-refractivity contribution in [1.29, 1.82) is 0 Å². The van der Waals surface area contributed by atoms with Crippen LogP contribution in [0.2, 0.25) is 0 Å². The summed E-state index contributed by atoms with van der Waals surface area (Å²) in [7, 11) is 0. The minimum atomic E-state index is 0.664. The van der Waals surface area contributed by atoms with Crippen LogP contribution in [0.5, 0.6) is 5.75 Å². The monoisotopic (exact) mass is 203 g/mol. The fourth-order valence-corrected chi connectivity index (χ4v) is 2.79. The second-order valence-electron chi connectivity index (χ2n) is 4.56. The molecule has 0 radical (unpaired) electrons. The van der Waals surface area contributed by atoms with Gasteiger partial charge in [-0.15, -0.1) is 0 Å². The predicted molar refractivity (Wildman–Crippen MR) is 60.3 cm³/mol. The van der Waals surface area contributed by atoms with Crippen molar-refractivity contribution in [2.45, 2.75) is 18.8 Å². The van der Waals surface area contributed by atoms with Crippen molar-refractivity contribution in [3.05, 3.63) is 29.8 Å². The minimum Gasteiger partial charge on any atom is -0.493 e. The lowest BCUT2D eigenvalue weighted by Crippen LogP contribution is -2.30. The Bertz CT molecular complexity index is 350. The van der Waals surface area contributed by atoms with E-state index in [0.717, 1.165) is 31.4 Å². The summed E-state index contributed by atoms with van der Waals surface area (Å²) in [6.07, 6.45) is 2.58. The molecule has 2 heterocycles. The van der Waals surface area contributed by atoms with Crippen molar-refractivity contribution in [3.63, 3.8) is 0 Å². The maximum Gasteiger partial charge on any atom is 0.122 e. The lowest BCUT2D eigenvalue weighted by Gasteiger charge is -2.32. The summed E-state index contributed by atoms with van der Waals surface area (Å²) in [6.45, 7) is 3.18. The van der Waals surface area contributed by atoms with E-state index in [2.05, 4.69) is 29.6 Å². The van der Waals surface area contributed by atoms with Gasteiger partial charge in [-0.1, -0.05) is 18.2 Å². The van der Waals surface area contributed by atoms with Gasteiger partial charge in [-0.2, -0.15) is 0 Å². The molecule has 3 rings (SSSR count). The summed E-state index contributed by atoms with van der Waals surface area (Å²) in [5.74, 6) is 2.48. The second kappa shape index (κ2) is 3.86. The van der Waals surface area contributed by atoms with Gasteiger partial charge in [-0.05, 0) is 31.0 Å². The highest BCUT2D eigenvalue weighted by Gasteiger charge is 2.31. The largest absolute Gasteiger partial charge is 0.493 e. The Morgan fingerprint density at radius 2 is 2.20 bits per heavy atom. The van der Waals surface area contributed by atoms with Crippen molar-refractivity contribution in [1.82, 2.24) is 5.32 Å². The van der Waals surface area contributed by atoms with Crippen molar-refractivity contribution >= 4 is 0 Å². The molecule has 1 aromatic carbocycles. The second-order valence-corrected chi connectivity index (χ2v) is 4.56. The highest BCUT2D eigenvalue weighted by Crippen LogP contribution is 2.39. The van der Waals surface area contributed by atoms with Crippen molar-refractivity contribution in [2.24, 2.45) is 5.92 Å². The van der Waals surface area contributed by atoms with Crippen LogP contribution in [0, 0.1) is 5.92 Å². The van der Waals surface area contributed by atoms with E-state index in [-0.39, 0.29) is 0 Å². The van der Waals surface area contributed by atoms with E-state index in [0.29, 0.717) is 5.92 Å². The van der Waals surface area contributed by atoms with Crippen LogP contribution in [0.25, 0.3) is 0 Å². The molecule has 0 amide bonds. The molecule has 15 heavy (non-hydrogen) atoms. The summed E-state index contributed by atoms with van der Waals surface area (Å²) >= 11 is 0. The predicted octanol–water partition coefficient (Wildman–Crippen LogP) is 2.16. The minimum absolute atomic E-state index is 0.664. The van der Waals surface area contributed by atoms with Crippen LogP contribution in [-0.2, 0) is 0 Å². The molecule has 2 heteroatoms. The van der Waals surface area contributed by atoms with Crippen LogP contribution in [0.3, 0.4) is 0 Å². The third-order valence-electron chi connectivity index (χ3n) is 3.63. The van der Waals surface area contributed by atoms with Gasteiger partial charge in [0, 0.05) is 18.4 Å². The normalized spacial score (nSPS) is 29.6. The van der Waals surface area contributed by atoms with E-state index in [9.17, 15) is 0 Å². The molecule has 2 aliphatic rings. The fourth-order valence-electron chi connectivity index (χ4n) is 2.79. The van der Waals surface area contributed by atoms with Crippen LogP contribution in [0.1, 0.15) is 24.3 Å². The molecule has 1 fully saturated rings. The number of nitrogens with one attached hydrogen (secondary N) is 1. The Hall–Kier alpha value is -1.02. The Balaban J connectivity index is 1.96. The Labute approximate surface area is 90.6 Å². The summed E-state index contributed by atoms with van der Waals surface area (Å²) in [4.78, 5) is 0. The maximum absolute atomic E-state index is 5.82. The molecule has 0 bridgehead atoms. The fraction of sp³-hybridized carbons (Fsp3) is 0.538. The summed E-state index contributed by atoms with van der Waals surface area (Å²) in [6, 6.07) is 8.49. The molecule has 0 spiro atoms. The summed E-state index contributed by atoms with van der Waals surface area (Å²) < 4.78 is 5.82. The van der Waals surface area contributed by atoms with E-state index in [1.807, 2.05) is 0 Å². The summed E-state index contributed by atoms with van der Waals surface area (Å²) in [5, 5.41) is 3.53. The quantitative estimate of drug-likeness (QED) is 0.697. The van der Waals surface area contributed by atoms with Gasteiger partial charge in [0.25, 0.3) is 0 Å². The van der Waals surface area contributed by atoms with Gasteiger partial charge < -0.3 is 10.1 Å². The first-order valence-corrected chi connectivity index (χ1v) is 5.87. The Kier molecular flexibility index (Phi) is 2.37. The molecule has 2 nitrogen and oxygen atoms in total. The number of fused-ring (bicyclic) bond motifs is 3. The summed E-state index contributed by atoms with van der Waals surface area (Å²) in [5.41, 5.74) is 1.41. The Morgan fingerprint density at radius 3 is 3.20 bits per heavy atom. The molecule has 80 valence electrons. The van der Waals surface area contributed by atoms with Gasteiger partial charge in [0.2, 0.25) is 0 Å². The standard InChI is InChI=1S/C13H17NO/c1-2-6-13-11(5-1)12-8-14-7-3-4-10(12)9-15-13/h1-2,5-6,10,12,14H,3-4,7-9H2. The molecular weight excluding hydrogens is 186 g/mol. The van der Waals surface area contributed by atoms with Crippen LogP contribution in [0.15, 0.2) is 24.3 Å². The number of hydrogen-bond donors (Lipinski definition) is 1. The first-order chi connectivity index (χ1) is 7.45. The molecule has 0 aromatic heterocycles. The maximum atomic E-state index is 5.82. The zero-order valence-electron chi connectivity index (χ0n) is 8.91. The third-order valence-corrected chi connectivity index (χ3v) is 3.63. The molecule has 2 aliphatic heterocycles. The van der Waals surface area contributed by atoms with Gasteiger partial charge in [-0.3, -0.25) is 0 Å². The average molecular weight is 203 g/mol. The smallest absolute Gasteiger partial charge is 0.122 e. The average Bonchev–Trinajstić information content (AvgIpc) is 2.54. The highest BCUT2D eigenvalue weighted by atomic mass is 16.5. The number of ether oxygens (including phenoxy) is 1. The molecule has 2 atom stereocenters. The first-order valence-electron chi connectivity index (χ1n) is 5.87. The van der Waals surface area contributed by atoms with E-state index in [1.165, 1.54) is 18.4 Å². The van der Waals surface area contributed by atoms with Crippen molar-refractivity contribution in [3.8, 4) is 5.75 Å². The highest BCUT2D eigenvalue weighted by molar-refractivity contribution is 5.38. The number of rotatable bonds is 0. The van der Waals surface area contributed by atoms with Gasteiger partial charge in [-0.25, -0.2) is 0 Å². The van der Waals surface area contributed by atoms with Crippen molar-refractivity contribution < 1.29 is 4.74 Å². The van der Waals surface area contributed by atoms with E-state index in [1.54, 1.807) is 0 Å². The zero-order chi connectivity index (χ0) is 10.1. The number of benzene rings is 1. The number of hydrogen-bond acceptors (Lipinski definition) is 2. The zero-order valence-corrected chi connectivity index (χ0v) is 8.91. The number of para-hydroxylation sites is 1. The molecule has 0 aliphatic carbocycles. The van der Waals surface area contributed by atoms with Crippen molar-refractivity contribution in [2.75, 3.05) is 19.7 Å². The van der Waals surface area contributed by atoms with E-state index >= 15 is 0 Å². The van der Waals surface area contributed by atoms with Gasteiger partial charge in [0.1, 0.15) is 5.75 Å². The first kappa shape index (κ1) is 9.22. The van der Waals surface area contributed by atoms with E-state index in [4.69, 9.17) is 4.74 Å². The van der Waals surface area contributed by atoms with Crippen LogP contribution >= 0.6 is 0 Å². The molecule has 2 unspecified atom stereocenters. The van der Waals surface area contributed by atoms with Gasteiger partial charge >= 0.3 is 0 Å². The third kappa shape index (κ3) is 1.63. The lowest BCUT2D eigenvalue weighted by atomic mass is 9.82.